The smallest absolute Gasteiger partial charge is 0.342 e. The van der Waals surface area contributed by atoms with Crippen LogP contribution in [0.5, 0.6) is 11.5 Å². The second kappa shape index (κ2) is 3.27. The van der Waals surface area contributed by atoms with Gasteiger partial charge in [-0.1, -0.05) is 0 Å². The van der Waals surface area contributed by atoms with E-state index in [9.17, 15) is 14.7 Å². The van der Waals surface area contributed by atoms with E-state index < -0.39 is 28.5 Å². The monoisotopic (exact) mass is 222 g/mol. The predicted molar refractivity (Wildman–Crippen MR) is 52.8 cm³/mol. The lowest BCUT2D eigenvalue weighted by Gasteiger charge is -2.01. The van der Waals surface area contributed by atoms with Crippen LogP contribution >= 0.6 is 0 Å². The predicted octanol–water partition coefficient (Wildman–Crippen LogP) is 0.902. The molecule has 0 unspecified atom stereocenters. The van der Waals surface area contributed by atoms with Gasteiger partial charge < -0.3 is 19.7 Å². The van der Waals surface area contributed by atoms with E-state index in [0.29, 0.717) is 0 Å². The summed E-state index contributed by atoms with van der Waals surface area (Å²) in [4.78, 5) is 22.2. The maximum absolute atomic E-state index is 11.6. The van der Waals surface area contributed by atoms with E-state index in [1.807, 2.05) is 0 Å². The van der Waals surface area contributed by atoms with Gasteiger partial charge in [-0.05, 0) is 6.07 Å². The number of benzene rings is 1. The lowest BCUT2D eigenvalue weighted by atomic mass is 10.1. The van der Waals surface area contributed by atoms with Crippen molar-refractivity contribution in [1.29, 1.82) is 0 Å². The zero-order valence-corrected chi connectivity index (χ0v) is 7.80. The molecular weight excluding hydrogens is 216 g/mol. The average molecular weight is 222 g/mol. The molecule has 1 aromatic carbocycles. The first-order valence-corrected chi connectivity index (χ1v) is 4.21. The van der Waals surface area contributed by atoms with Gasteiger partial charge in [-0.25, -0.2) is 4.79 Å². The topological polar surface area (TPSA) is 108 Å². The summed E-state index contributed by atoms with van der Waals surface area (Å²) >= 11 is 0. The van der Waals surface area contributed by atoms with Gasteiger partial charge >= 0.3 is 5.97 Å². The van der Waals surface area contributed by atoms with Crippen LogP contribution in [0.3, 0.4) is 0 Å². The minimum atomic E-state index is -1.41. The maximum atomic E-state index is 11.6. The van der Waals surface area contributed by atoms with Crippen molar-refractivity contribution in [2.24, 2.45) is 0 Å². The van der Waals surface area contributed by atoms with Crippen molar-refractivity contribution in [3.63, 3.8) is 0 Å². The minimum absolute atomic E-state index is 0.00491. The van der Waals surface area contributed by atoms with E-state index in [4.69, 9.17) is 14.6 Å². The molecule has 0 saturated carbocycles. The second-order valence-electron chi connectivity index (χ2n) is 3.12. The first-order chi connectivity index (χ1) is 7.50. The second-order valence-corrected chi connectivity index (χ2v) is 3.12. The molecule has 6 nitrogen and oxygen atoms in total. The largest absolute Gasteiger partial charge is 0.504 e. The number of aromatic carboxylic acids is 1. The molecule has 1 heterocycles. The Morgan fingerprint density at radius 1 is 1.19 bits per heavy atom. The number of carboxylic acids is 1. The van der Waals surface area contributed by atoms with Crippen molar-refractivity contribution in [1.82, 2.24) is 0 Å². The molecule has 0 radical (unpaired) electrons. The highest BCUT2D eigenvalue weighted by Gasteiger charge is 2.14. The Labute approximate surface area is 88.0 Å². The molecule has 0 aliphatic carbocycles. The molecule has 16 heavy (non-hydrogen) atoms. The Balaban J connectivity index is 2.90. The highest BCUT2D eigenvalue weighted by atomic mass is 16.4. The zero-order valence-electron chi connectivity index (χ0n) is 7.80. The molecule has 0 spiro atoms. The summed E-state index contributed by atoms with van der Waals surface area (Å²) in [7, 11) is 0. The number of phenols is 2. The average Bonchev–Trinajstić information content (AvgIpc) is 2.21. The Hall–Kier alpha value is -2.50. The molecule has 0 fully saturated rings. The number of fused-ring (bicyclic) bond motifs is 1. The van der Waals surface area contributed by atoms with Gasteiger partial charge in [0.2, 0.25) is 5.43 Å². The summed E-state index contributed by atoms with van der Waals surface area (Å²) < 4.78 is 4.87. The van der Waals surface area contributed by atoms with Gasteiger partial charge in [-0.3, -0.25) is 4.79 Å². The van der Waals surface area contributed by atoms with E-state index in [1.165, 1.54) is 0 Å². The van der Waals surface area contributed by atoms with Crippen LogP contribution in [0, 0.1) is 0 Å². The fourth-order valence-electron chi connectivity index (χ4n) is 1.30. The third kappa shape index (κ3) is 1.36. The van der Waals surface area contributed by atoms with Crippen molar-refractivity contribution < 1.29 is 24.5 Å². The molecule has 82 valence electrons. The Morgan fingerprint density at radius 3 is 2.44 bits per heavy atom. The molecule has 3 N–H and O–H groups in total. The standard InChI is InChI=1S/C10H6O6/c11-6-1-4-8(2-7(6)12)16-3-5(9(4)13)10(14)15/h1-3,11-12H,(H,14,15). The van der Waals surface area contributed by atoms with Gasteiger partial charge in [0.15, 0.2) is 11.5 Å². The summed E-state index contributed by atoms with van der Waals surface area (Å²) in [6.07, 6.45) is 0.795. The van der Waals surface area contributed by atoms with Crippen molar-refractivity contribution in [2.75, 3.05) is 0 Å². The SMILES string of the molecule is O=C(O)c1coc2cc(O)c(O)cc2c1=O. The van der Waals surface area contributed by atoms with Crippen LogP contribution in [-0.2, 0) is 0 Å². The molecule has 0 atom stereocenters. The van der Waals surface area contributed by atoms with Crippen molar-refractivity contribution >= 4 is 16.9 Å². The fourth-order valence-corrected chi connectivity index (χ4v) is 1.30. The van der Waals surface area contributed by atoms with Crippen molar-refractivity contribution in [2.45, 2.75) is 0 Å². The van der Waals surface area contributed by atoms with Crippen LogP contribution in [0.1, 0.15) is 10.4 Å². The fraction of sp³-hybridized carbons (Fsp3) is 0. The highest BCUT2D eigenvalue weighted by Crippen LogP contribution is 2.28. The third-order valence-corrected chi connectivity index (χ3v) is 2.10. The molecule has 1 aromatic heterocycles. The van der Waals surface area contributed by atoms with E-state index in [-0.39, 0.29) is 11.0 Å². The summed E-state index contributed by atoms with van der Waals surface area (Å²) in [6.45, 7) is 0. The number of hydrogen-bond donors (Lipinski definition) is 3. The summed E-state index contributed by atoms with van der Waals surface area (Å²) in [6, 6.07) is 2.00. The van der Waals surface area contributed by atoms with E-state index >= 15 is 0 Å². The number of aromatic hydroxyl groups is 2. The van der Waals surface area contributed by atoms with Crippen LogP contribution in [-0.4, -0.2) is 21.3 Å². The van der Waals surface area contributed by atoms with E-state index in [0.717, 1.165) is 18.4 Å². The number of rotatable bonds is 1. The molecule has 2 aromatic rings. The van der Waals surface area contributed by atoms with Crippen LogP contribution in [0.25, 0.3) is 11.0 Å². The van der Waals surface area contributed by atoms with Gasteiger partial charge in [0, 0.05) is 6.07 Å². The normalized spacial score (nSPS) is 10.5. The minimum Gasteiger partial charge on any atom is -0.504 e. The number of carboxylic acid groups (broad SMARTS) is 1. The number of carbonyl (C=O) groups is 1. The van der Waals surface area contributed by atoms with E-state index in [2.05, 4.69) is 0 Å². The van der Waals surface area contributed by atoms with Gasteiger partial charge in [-0.15, -0.1) is 0 Å². The Morgan fingerprint density at radius 2 is 1.81 bits per heavy atom. The van der Waals surface area contributed by atoms with Crippen LogP contribution in [0.4, 0.5) is 0 Å². The molecular formula is C10H6O6. The maximum Gasteiger partial charge on any atom is 0.342 e. The van der Waals surface area contributed by atoms with Crippen LogP contribution < -0.4 is 5.43 Å². The molecule has 6 heteroatoms. The number of hydrogen-bond acceptors (Lipinski definition) is 5. The molecule has 2 rings (SSSR count). The lowest BCUT2D eigenvalue weighted by molar-refractivity contribution is 0.0693. The van der Waals surface area contributed by atoms with Crippen LogP contribution in [0.15, 0.2) is 27.6 Å². The van der Waals surface area contributed by atoms with Gasteiger partial charge in [0.25, 0.3) is 0 Å². The Kier molecular flexibility index (Phi) is 2.05. The quantitative estimate of drug-likeness (QED) is 0.618. The van der Waals surface area contributed by atoms with Gasteiger partial charge in [0.1, 0.15) is 17.4 Å². The summed E-state index contributed by atoms with van der Waals surface area (Å²) in [5, 5.41) is 26.9. The summed E-state index contributed by atoms with van der Waals surface area (Å²) in [5.41, 5.74) is -1.30. The van der Waals surface area contributed by atoms with Crippen molar-refractivity contribution in [3.05, 3.63) is 34.2 Å². The molecule has 0 saturated heterocycles. The van der Waals surface area contributed by atoms with Crippen LogP contribution in [0.2, 0.25) is 0 Å². The molecule has 0 bridgehead atoms. The highest BCUT2D eigenvalue weighted by molar-refractivity contribution is 5.92. The first-order valence-electron chi connectivity index (χ1n) is 4.21. The lowest BCUT2D eigenvalue weighted by Crippen LogP contribution is -2.13. The van der Waals surface area contributed by atoms with Crippen molar-refractivity contribution in [3.8, 4) is 11.5 Å². The van der Waals surface area contributed by atoms with Gasteiger partial charge in [0.05, 0.1) is 5.39 Å². The van der Waals surface area contributed by atoms with Gasteiger partial charge in [-0.2, -0.15) is 0 Å². The third-order valence-electron chi connectivity index (χ3n) is 2.10. The van der Waals surface area contributed by atoms with E-state index in [1.54, 1.807) is 0 Å². The molecule has 0 aliphatic heterocycles. The zero-order chi connectivity index (χ0) is 11.9. The summed E-state index contributed by atoms with van der Waals surface area (Å²) in [5.74, 6) is -2.37. The molecule has 0 aliphatic rings. The Bertz CT molecular complexity index is 640. The first kappa shape index (κ1) is 10.0. The molecule has 0 amide bonds. The number of phenolic OH excluding ortho intramolecular Hbond substituents is 2.